The fraction of sp³-hybridized carbons (Fsp3) is 0. The van der Waals surface area contributed by atoms with Gasteiger partial charge in [0.05, 0.1) is 38.6 Å². The molecule has 0 amide bonds. The van der Waals surface area contributed by atoms with Gasteiger partial charge in [-0.1, -0.05) is 133 Å². The minimum absolute atomic E-state index is 1.10. The maximum absolute atomic E-state index is 2.47. The summed E-state index contributed by atoms with van der Waals surface area (Å²) in [5, 5.41) is 8.61. The van der Waals surface area contributed by atoms with Gasteiger partial charge in [0.25, 0.3) is 0 Å². The summed E-state index contributed by atoms with van der Waals surface area (Å²) in [6.07, 6.45) is 0. The van der Waals surface area contributed by atoms with Crippen LogP contribution < -0.4 is 0 Å². The van der Waals surface area contributed by atoms with Gasteiger partial charge >= 0.3 is 0 Å². The third-order valence-electron chi connectivity index (χ3n) is 13.7. The molecule has 0 atom stereocenters. The molecule has 14 rings (SSSR count). The quantitative estimate of drug-likeness (QED) is 0.159. The van der Waals surface area contributed by atoms with Crippen molar-refractivity contribution in [3.63, 3.8) is 0 Å². The zero-order chi connectivity index (χ0) is 43.3. The highest BCUT2D eigenvalue weighted by molar-refractivity contribution is 6.15. The third kappa shape index (κ3) is 5.45. The molecule has 0 N–H and O–H groups in total. The Labute approximate surface area is 380 Å². The molecule has 0 aliphatic heterocycles. The number of benzene rings is 10. The highest BCUT2D eigenvalue weighted by Gasteiger charge is 2.21. The molecule has 4 nitrogen and oxygen atoms in total. The second kappa shape index (κ2) is 14.3. The van der Waals surface area contributed by atoms with Crippen LogP contribution in [0.2, 0.25) is 0 Å². The molecule has 0 saturated carbocycles. The van der Waals surface area contributed by atoms with Crippen LogP contribution in [0.25, 0.3) is 121 Å². The Hall–Kier alpha value is -8.86. The molecular formula is C62H40N4. The van der Waals surface area contributed by atoms with Gasteiger partial charge in [0.2, 0.25) is 0 Å². The minimum Gasteiger partial charge on any atom is -0.309 e. The molecule has 0 radical (unpaired) electrons. The van der Waals surface area contributed by atoms with Crippen molar-refractivity contribution in [1.29, 1.82) is 0 Å². The number of para-hydroxylation sites is 6. The summed E-state index contributed by atoms with van der Waals surface area (Å²) in [6, 6.07) is 88.8. The van der Waals surface area contributed by atoms with Gasteiger partial charge in [0.1, 0.15) is 5.82 Å². The molecule has 0 aliphatic carbocycles. The monoisotopic (exact) mass is 840 g/mol. The molecule has 4 heteroatoms. The van der Waals surface area contributed by atoms with Crippen LogP contribution in [0, 0.1) is 0 Å². The van der Waals surface area contributed by atoms with Crippen LogP contribution >= 0.6 is 0 Å². The average molecular weight is 841 g/mol. The van der Waals surface area contributed by atoms with E-state index in [4.69, 9.17) is 0 Å². The topological polar surface area (TPSA) is 19.7 Å². The summed E-state index contributed by atoms with van der Waals surface area (Å²) in [6.45, 7) is 0. The Kier molecular flexibility index (Phi) is 7.95. The van der Waals surface area contributed by atoms with Gasteiger partial charge in [-0.25, -0.2) is 0 Å². The number of nitrogens with zero attached hydrogens (tertiary/aromatic N) is 4. The summed E-state index contributed by atoms with van der Waals surface area (Å²) >= 11 is 0. The molecule has 4 heterocycles. The van der Waals surface area contributed by atoms with Crippen molar-refractivity contribution in [2.45, 2.75) is 0 Å². The van der Waals surface area contributed by atoms with E-state index in [9.17, 15) is 0 Å². The van der Waals surface area contributed by atoms with E-state index in [1.165, 1.54) is 87.5 Å². The Morgan fingerprint density at radius 1 is 0.197 bits per heavy atom. The summed E-state index contributed by atoms with van der Waals surface area (Å²) in [5.74, 6) is 1.10. The molecule has 308 valence electrons. The lowest BCUT2D eigenvalue weighted by Gasteiger charge is -2.14. The average Bonchev–Trinajstić information content (AvgIpc) is 4.12. The third-order valence-corrected chi connectivity index (χ3v) is 13.7. The Balaban J connectivity index is 1.01. The fourth-order valence-electron chi connectivity index (χ4n) is 10.8. The summed E-state index contributed by atoms with van der Waals surface area (Å²) in [7, 11) is 0. The lowest BCUT2D eigenvalue weighted by Crippen LogP contribution is -2.03. The molecule has 4 aromatic heterocycles. The first-order valence-corrected chi connectivity index (χ1v) is 22.7. The van der Waals surface area contributed by atoms with Gasteiger partial charge in [-0.15, -0.1) is 0 Å². The molecule has 14 aromatic rings. The lowest BCUT2D eigenvalue weighted by molar-refractivity contribution is 1.00. The normalized spacial score (nSPS) is 11.9. The maximum atomic E-state index is 2.47. The van der Waals surface area contributed by atoms with Gasteiger partial charge in [-0.2, -0.15) is 0 Å². The number of rotatable bonds is 6. The second-order valence-corrected chi connectivity index (χ2v) is 17.4. The molecule has 0 fully saturated rings. The molecular weight excluding hydrogens is 801 g/mol. The van der Waals surface area contributed by atoms with E-state index in [1.54, 1.807) is 0 Å². The summed E-state index contributed by atoms with van der Waals surface area (Å²) in [5.41, 5.74) is 16.5. The first-order valence-electron chi connectivity index (χ1n) is 22.7. The van der Waals surface area contributed by atoms with Crippen LogP contribution in [0.1, 0.15) is 0 Å². The standard InChI is InChI=1S/C62H40N4/c1-4-17-46(18-5-1)63-56-26-14-11-23-49(56)51-36-41(28-32-58(51)63)43-30-34-60-53(38-43)54-39-44(42-29-33-59-52(37-42)50-24-12-15-27-57(50)64(59)47-19-6-2-7-20-47)31-35-61(54)66(60)62-40-45-16-10-13-25-55(45)65(62)48-21-8-3-9-22-48/h1-40H. The van der Waals surface area contributed by atoms with Crippen molar-refractivity contribution < 1.29 is 0 Å². The number of hydrogen-bond acceptors (Lipinski definition) is 0. The predicted molar refractivity (Wildman–Crippen MR) is 277 cm³/mol. The van der Waals surface area contributed by atoms with E-state index < -0.39 is 0 Å². The van der Waals surface area contributed by atoms with Gasteiger partial charge in [0, 0.05) is 54.8 Å². The zero-order valence-electron chi connectivity index (χ0n) is 35.9. The molecule has 66 heavy (non-hydrogen) atoms. The van der Waals surface area contributed by atoms with Crippen molar-refractivity contribution >= 4 is 76.3 Å². The first-order chi connectivity index (χ1) is 32.7. The smallest absolute Gasteiger partial charge is 0.123 e. The largest absolute Gasteiger partial charge is 0.309 e. The van der Waals surface area contributed by atoms with Crippen molar-refractivity contribution in [3.05, 3.63) is 243 Å². The Morgan fingerprint density at radius 2 is 0.515 bits per heavy atom. The highest BCUT2D eigenvalue weighted by Crippen LogP contribution is 2.42. The predicted octanol–water partition coefficient (Wildman–Crippen LogP) is 16.3. The van der Waals surface area contributed by atoms with E-state index in [0.717, 1.165) is 33.9 Å². The van der Waals surface area contributed by atoms with E-state index >= 15 is 0 Å². The molecule has 0 spiro atoms. The Morgan fingerprint density at radius 3 is 0.955 bits per heavy atom. The van der Waals surface area contributed by atoms with Gasteiger partial charge in [-0.3, -0.25) is 9.13 Å². The first kappa shape index (κ1) is 36.6. The molecule has 0 aliphatic rings. The van der Waals surface area contributed by atoms with Gasteiger partial charge < -0.3 is 9.13 Å². The van der Waals surface area contributed by atoms with Crippen molar-refractivity contribution in [2.75, 3.05) is 0 Å². The van der Waals surface area contributed by atoms with E-state index in [1.807, 2.05) is 0 Å². The van der Waals surface area contributed by atoms with Crippen LogP contribution in [0.3, 0.4) is 0 Å². The van der Waals surface area contributed by atoms with E-state index in [0.29, 0.717) is 0 Å². The van der Waals surface area contributed by atoms with Crippen molar-refractivity contribution in [3.8, 4) is 45.1 Å². The zero-order valence-corrected chi connectivity index (χ0v) is 35.9. The van der Waals surface area contributed by atoms with Gasteiger partial charge in [0.15, 0.2) is 0 Å². The SMILES string of the molecule is c1ccc(-n2c(-n3c4ccc(-c5ccc6c(c5)c5ccccc5n6-c5ccccc5)cc4c4cc(-c5ccc6c(c5)c5ccccc5n6-c5ccccc5)ccc43)cc3ccccc32)cc1. The molecule has 0 bridgehead atoms. The lowest BCUT2D eigenvalue weighted by atomic mass is 9.98. The van der Waals surface area contributed by atoms with Crippen LogP contribution in [-0.2, 0) is 0 Å². The Bertz CT molecular complexity index is 3990. The van der Waals surface area contributed by atoms with E-state index in [2.05, 4.69) is 261 Å². The fourth-order valence-corrected chi connectivity index (χ4v) is 10.8. The van der Waals surface area contributed by atoms with Crippen LogP contribution in [0.4, 0.5) is 0 Å². The minimum atomic E-state index is 1.10. The summed E-state index contributed by atoms with van der Waals surface area (Å²) < 4.78 is 9.65. The van der Waals surface area contributed by atoms with E-state index in [-0.39, 0.29) is 0 Å². The number of aromatic nitrogens is 4. The van der Waals surface area contributed by atoms with Crippen LogP contribution in [0.15, 0.2) is 243 Å². The second-order valence-electron chi connectivity index (χ2n) is 17.4. The van der Waals surface area contributed by atoms with Gasteiger partial charge in [-0.05, 0) is 131 Å². The molecule has 10 aromatic carbocycles. The molecule has 0 unspecified atom stereocenters. The van der Waals surface area contributed by atoms with Crippen LogP contribution in [-0.4, -0.2) is 18.3 Å². The van der Waals surface area contributed by atoms with Crippen LogP contribution in [0.5, 0.6) is 0 Å². The van der Waals surface area contributed by atoms with Crippen molar-refractivity contribution in [1.82, 2.24) is 18.3 Å². The highest BCUT2D eigenvalue weighted by atomic mass is 15.2. The summed E-state index contributed by atoms with van der Waals surface area (Å²) in [4.78, 5) is 0. The number of fused-ring (bicyclic) bond motifs is 10. The van der Waals surface area contributed by atoms with Crippen molar-refractivity contribution in [2.24, 2.45) is 0 Å². The maximum Gasteiger partial charge on any atom is 0.123 e. The number of hydrogen-bond donors (Lipinski definition) is 0. The molecule has 0 saturated heterocycles.